The van der Waals surface area contributed by atoms with E-state index in [1.165, 1.54) is 12.3 Å². The van der Waals surface area contributed by atoms with Crippen LogP contribution in [0.25, 0.3) is 11.6 Å². The first kappa shape index (κ1) is 16.8. The van der Waals surface area contributed by atoms with Crippen molar-refractivity contribution < 1.29 is 22.5 Å². The van der Waals surface area contributed by atoms with Crippen LogP contribution in [-0.2, 0) is 11.2 Å². The van der Waals surface area contributed by atoms with Crippen molar-refractivity contribution in [1.29, 1.82) is 0 Å². The lowest BCUT2D eigenvalue weighted by Gasteiger charge is -2.14. The summed E-state index contributed by atoms with van der Waals surface area (Å²) in [7, 11) is 0. The molecule has 25 heavy (non-hydrogen) atoms. The van der Waals surface area contributed by atoms with Crippen LogP contribution in [0.15, 0.2) is 45.5 Å². The molecule has 0 fully saturated rings. The number of nitrogens with zero attached hydrogens (tertiary/aromatic N) is 2. The second kappa shape index (κ2) is 7.25. The van der Waals surface area contributed by atoms with Crippen LogP contribution >= 0.6 is 0 Å². The Kier molecular flexibility index (Phi) is 4.87. The normalized spacial score (nSPS) is 12.1. The maximum Gasteiger partial charge on any atom is 0.238 e. The third-order valence-electron chi connectivity index (χ3n) is 3.58. The lowest BCUT2D eigenvalue weighted by Crippen LogP contribution is -2.27. The third kappa shape index (κ3) is 4.09. The smallest absolute Gasteiger partial charge is 0.238 e. The van der Waals surface area contributed by atoms with Gasteiger partial charge in [0.2, 0.25) is 17.6 Å². The molecule has 3 aromatic rings. The number of furan rings is 1. The van der Waals surface area contributed by atoms with Gasteiger partial charge in [0.1, 0.15) is 11.6 Å². The standard InChI is InChI=1S/C17H15F2N3O3/c1-10(12-5-4-11(18)9-13(12)19)20-15(23)6-7-16-21-17(22-25-16)14-3-2-8-24-14/h2-5,8-10H,6-7H2,1H3,(H,20,23). The van der Waals surface area contributed by atoms with E-state index in [0.29, 0.717) is 17.5 Å². The van der Waals surface area contributed by atoms with Crippen LogP contribution in [-0.4, -0.2) is 16.0 Å². The van der Waals surface area contributed by atoms with Crippen molar-refractivity contribution in [3.8, 4) is 11.6 Å². The minimum atomic E-state index is -0.701. The van der Waals surface area contributed by atoms with Crippen LogP contribution in [0.5, 0.6) is 0 Å². The van der Waals surface area contributed by atoms with E-state index in [-0.39, 0.29) is 24.3 Å². The van der Waals surface area contributed by atoms with Gasteiger partial charge >= 0.3 is 0 Å². The molecule has 2 aromatic heterocycles. The van der Waals surface area contributed by atoms with Gasteiger partial charge in [-0.15, -0.1) is 0 Å². The monoisotopic (exact) mass is 347 g/mol. The summed E-state index contributed by atoms with van der Waals surface area (Å²) in [5.74, 6) is -0.602. The summed E-state index contributed by atoms with van der Waals surface area (Å²) in [5, 5.41) is 6.42. The molecule has 1 N–H and O–H groups in total. The lowest BCUT2D eigenvalue weighted by molar-refractivity contribution is -0.121. The fourth-order valence-electron chi connectivity index (χ4n) is 2.33. The summed E-state index contributed by atoms with van der Waals surface area (Å²) < 4.78 is 36.8. The van der Waals surface area contributed by atoms with Gasteiger partial charge in [0.15, 0.2) is 5.76 Å². The molecule has 2 heterocycles. The van der Waals surface area contributed by atoms with Crippen LogP contribution in [0, 0.1) is 11.6 Å². The number of hydrogen-bond donors (Lipinski definition) is 1. The van der Waals surface area contributed by atoms with Gasteiger partial charge in [-0.3, -0.25) is 4.79 Å². The number of amides is 1. The summed E-state index contributed by atoms with van der Waals surface area (Å²) in [4.78, 5) is 16.1. The molecule has 0 aliphatic heterocycles. The van der Waals surface area contributed by atoms with E-state index in [0.717, 1.165) is 12.1 Å². The van der Waals surface area contributed by atoms with Gasteiger partial charge < -0.3 is 14.3 Å². The first-order valence-electron chi connectivity index (χ1n) is 7.63. The fraction of sp³-hybridized carbons (Fsp3) is 0.235. The van der Waals surface area contributed by atoms with Crippen molar-refractivity contribution in [3.63, 3.8) is 0 Å². The summed E-state index contributed by atoms with van der Waals surface area (Å²) in [5.41, 5.74) is 0.215. The minimum absolute atomic E-state index is 0.0902. The number of halogens is 2. The molecule has 130 valence electrons. The molecule has 1 unspecified atom stereocenters. The van der Waals surface area contributed by atoms with Crippen molar-refractivity contribution in [2.75, 3.05) is 0 Å². The molecule has 0 aliphatic rings. The zero-order valence-corrected chi connectivity index (χ0v) is 13.3. The largest absolute Gasteiger partial charge is 0.461 e. The number of aromatic nitrogens is 2. The second-order valence-electron chi connectivity index (χ2n) is 5.44. The van der Waals surface area contributed by atoms with Gasteiger partial charge in [0.25, 0.3) is 0 Å². The Morgan fingerprint density at radius 2 is 2.16 bits per heavy atom. The van der Waals surface area contributed by atoms with Crippen LogP contribution in [0.1, 0.15) is 30.8 Å². The summed E-state index contributed by atoms with van der Waals surface area (Å²) in [6, 6.07) is 6.05. The molecule has 8 heteroatoms. The molecular formula is C17H15F2N3O3. The molecule has 0 bridgehead atoms. The number of aryl methyl sites for hydroxylation is 1. The topological polar surface area (TPSA) is 81.2 Å². The third-order valence-corrected chi connectivity index (χ3v) is 3.58. The molecule has 0 saturated carbocycles. The van der Waals surface area contributed by atoms with Crippen LogP contribution < -0.4 is 5.32 Å². The Hall–Kier alpha value is -3.03. The van der Waals surface area contributed by atoms with Crippen molar-refractivity contribution >= 4 is 5.91 Å². The molecule has 6 nitrogen and oxygen atoms in total. The molecule has 0 saturated heterocycles. The Labute approximate surface area is 141 Å². The highest BCUT2D eigenvalue weighted by molar-refractivity contribution is 5.76. The zero-order valence-electron chi connectivity index (χ0n) is 13.3. The van der Waals surface area contributed by atoms with Gasteiger partial charge in [0.05, 0.1) is 12.3 Å². The molecule has 1 amide bonds. The Morgan fingerprint density at radius 1 is 1.32 bits per heavy atom. The fourth-order valence-corrected chi connectivity index (χ4v) is 2.33. The van der Waals surface area contributed by atoms with Gasteiger partial charge in [-0.2, -0.15) is 4.98 Å². The number of nitrogens with one attached hydrogen (secondary N) is 1. The maximum atomic E-state index is 13.7. The number of hydrogen-bond acceptors (Lipinski definition) is 5. The molecule has 1 atom stereocenters. The number of carbonyl (C=O) groups is 1. The summed E-state index contributed by atoms with van der Waals surface area (Å²) >= 11 is 0. The molecule has 0 spiro atoms. The summed E-state index contributed by atoms with van der Waals surface area (Å²) in [6.45, 7) is 1.62. The van der Waals surface area contributed by atoms with Gasteiger partial charge in [-0.05, 0) is 25.1 Å². The molecule has 0 radical (unpaired) electrons. The average molecular weight is 347 g/mol. The molecule has 3 rings (SSSR count). The minimum Gasteiger partial charge on any atom is -0.461 e. The quantitative estimate of drug-likeness (QED) is 0.739. The van der Waals surface area contributed by atoms with Crippen molar-refractivity contribution in [3.05, 3.63) is 59.7 Å². The molecule has 1 aromatic carbocycles. The number of carbonyl (C=O) groups excluding carboxylic acids is 1. The predicted molar refractivity (Wildman–Crippen MR) is 83.2 cm³/mol. The van der Waals surface area contributed by atoms with E-state index in [2.05, 4.69) is 15.5 Å². The SMILES string of the molecule is CC(NC(=O)CCc1nc(-c2ccco2)no1)c1ccc(F)cc1F. The van der Waals surface area contributed by atoms with Crippen molar-refractivity contribution in [2.24, 2.45) is 0 Å². The van der Waals surface area contributed by atoms with Gasteiger partial charge in [-0.1, -0.05) is 11.2 Å². The van der Waals surface area contributed by atoms with E-state index in [1.807, 2.05) is 0 Å². The Balaban J connectivity index is 1.54. The predicted octanol–water partition coefficient (Wildman–Crippen LogP) is 3.42. The van der Waals surface area contributed by atoms with Crippen molar-refractivity contribution in [1.82, 2.24) is 15.5 Å². The zero-order chi connectivity index (χ0) is 17.8. The highest BCUT2D eigenvalue weighted by Crippen LogP contribution is 2.18. The average Bonchev–Trinajstić information content (AvgIpc) is 3.24. The molecule has 0 aliphatic carbocycles. The van der Waals surface area contributed by atoms with Gasteiger partial charge in [0, 0.05) is 24.5 Å². The highest BCUT2D eigenvalue weighted by atomic mass is 19.1. The first-order chi connectivity index (χ1) is 12.0. The van der Waals surface area contributed by atoms with Crippen LogP contribution in [0.4, 0.5) is 8.78 Å². The van der Waals surface area contributed by atoms with Crippen molar-refractivity contribution in [2.45, 2.75) is 25.8 Å². The number of benzene rings is 1. The van der Waals surface area contributed by atoms with Crippen LogP contribution in [0.2, 0.25) is 0 Å². The second-order valence-corrected chi connectivity index (χ2v) is 5.44. The van der Waals surface area contributed by atoms with E-state index >= 15 is 0 Å². The Morgan fingerprint density at radius 3 is 2.88 bits per heavy atom. The maximum absolute atomic E-state index is 13.7. The van der Waals surface area contributed by atoms with E-state index in [9.17, 15) is 13.6 Å². The molecular weight excluding hydrogens is 332 g/mol. The summed E-state index contributed by atoms with van der Waals surface area (Å²) in [6.07, 6.45) is 1.82. The van der Waals surface area contributed by atoms with E-state index in [1.54, 1.807) is 19.1 Å². The van der Waals surface area contributed by atoms with Gasteiger partial charge in [-0.25, -0.2) is 8.78 Å². The lowest BCUT2D eigenvalue weighted by atomic mass is 10.1. The Bertz CT molecular complexity index is 862. The highest BCUT2D eigenvalue weighted by Gasteiger charge is 2.16. The first-order valence-corrected chi connectivity index (χ1v) is 7.63. The van der Waals surface area contributed by atoms with Crippen LogP contribution in [0.3, 0.4) is 0 Å². The van der Waals surface area contributed by atoms with E-state index < -0.39 is 17.7 Å². The van der Waals surface area contributed by atoms with E-state index in [4.69, 9.17) is 8.94 Å². The number of rotatable bonds is 6.